The molecular formula is C63H40N4S. The molecule has 0 bridgehead atoms. The molecule has 3 aromatic heterocycles. The largest absolute Gasteiger partial charge is 0.309 e. The zero-order chi connectivity index (χ0) is 45.0. The highest BCUT2D eigenvalue weighted by Crippen LogP contribution is 2.47. The highest BCUT2D eigenvalue weighted by molar-refractivity contribution is 7.26. The Balaban J connectivity index is 1.08. The summed E-state index contributed by atoms with van der Waals surface area (Å²) in [6, 6.07) is 86.5. The summed E-state index contributed by atoms with van der Waals surface area (Å²) in [4.78, 5) is 15.8. The summed E-state index contributed by atoms with van der Waals surface area (Å²) in [7, 11) is 0. The van der Waals surface area contributed by atoms with E-state index in [2.05, 4.69) is 211 Å². The molecule has 0 radical (unpaired) electrons. The van der Waals surface area contributed by atoms with Crippen LogP contribution in [0.25, 0.3) is 126 Å². The average molecular weight is 885 g/mol. The Hall–Kier alpha value is -8.77. The molecule has 3 heterocycles. The van der Waals surface area contributed by atoms with Crippen LogP contribution in [0.2, 0.25) is 0 Å². The Bertz CT molecular complexity index is 3880. The number of aromatic nitrogens is 4. The number of para-hydroxylation sites is 2. The van der Waals surface area contributed by atoms with E-state index in [0.29, 0.717) is 17.5 Å². The lowest BCUT2D eigenvalue weighted by Crippen LogP contribution is -2.01. The fraction of sp³-hybridized carbons (Fsp3) is 0. The number of fused-ring (bicyclic) bond motifs is 6. The van der Waals surface area contributed by atoms with E-state index in [-0.39, 0.29) is 0 Å². The normalized spacial score (nSPS) is 11.5. The Labute approximate surface area is 397 Å². The number of nitrogens with zero attached hydrogens (tertiary/aromatic N) is 4. The Morgan fingerprint density at radius 3 is 1.43 bits per heavy atom. The minimum atomic E-state index is 0.613. The third-order valence-electron chi connectivity index (χ3n) is 13.0. The molecule has 68 heavy (non-hydrogen) atoms. The fourth-order valence-electron chi connectivity index (χ4n) is 9.83. The van der Waals surface area contributed by atoms with Crippen molar-refractivity contribution in [2.24, 2.45) is 0 Å². The van der Waals surface area contributed by atoms with Gasteiger partial charge in [-0.1, -0.05) is 182 Å². The second kappa shape index (κ2) is 16.6. The van der Waals surface area contributed by atoms with Crippen molar-refractivity contribution in [3.63, 3.8) is 0 Å². The summed E-state index contributed by atoms with van der Waals surface area (Å²) in [6.07, 6.45) is 0. The summed E-state index contributed by atoms with van der Waals surface area (Å²) in [5, 5.41) is 4.91. The predicted molar refractivity (Wildman–Crippen MR) is 285 cm³/mol. The molecule has 0 amide bonds. The zero-order valence-corrected chi connectivity index (χ0v) is 37.6. The molecule has 0 aliphatic rings. The molecule has 0 atom stereocenters. The second-order valence-corrected chi connectivity index (χ2v) is 18.2. The van der Waals surface area contributed by atoms with Crippen LogP contribution in [0.4, 0.5) is 0 Å². The van der Waals surface area contributed by atoms with Crippen LogP contribution in [0.5, 0.6) is 0 Å². The number of hydrogen-bond acceptors (Lipinski definition) is 4. The third kappa shape index (κ3) is 6.96. The maximum Gasteiger partial charge on any atom is 0.164 e. The standard InChI is InChI=1S/C63H40N4S/c1-6-19-41(20-7-1)46-35-47(42-21-8-2-9-22-42)37-48(36-46)45-33-34-50(54(38-45)63-65-61(43-23-10-3-11-24-43)64-62(66-63)44-25-12-4-13-26-44)52-30-18-32-58-60(52)55-39-53-51-29-16-17-31-56(51)67(49-27-14-5-15-28-49)57(53)40-59(55)68-58/h1-40H. The molecule has 0 fully saturated rings. The number of hydrogen-bond donors (Lipinski definition) is 0. The zero-order valence-electron chi connectivity index (χ0n) is 36.8. The van der Waals surface area contributed by atoms with Crippen LogP contribution in [0, 0.1) is 0 Å². The molecule has 4 nitrogen and oxygen atoms in total. The van der Waals surface area contributed by atoms with Gasteiger partial charge in [-0.2, -0.15) is 0 Å². The maximum atomic E-state index is 5.36. The van der Waals surface area contributed by atoms with Gasteiger partial charge in [0.05, 0.1) is 11.0 Å². The lowest BCUT2D eigenvalue weighted by molar-refractivity contribution is 1.07. The van der Waals surface area contributed by atoms with Crippen LogP contribution >= 0.6 is 11.3 Å². The first-order chi connectivity index (χ1) is 33.7. The van der Waals surface area contributed by atoms with Crippen molar-refractivity contribution in [1.82, 2.24) is 19.5 Å². The smallest absolute Gasteiger partial charge is 0.164 e. The van der Waals surface area contributed by atoms with Gasteiger partial charge >= 0.3 is 0 Å². The first-order valence-corrected chi connectivity index (χ1v) is 23.7. The highest BCUT2D eigenvalue weighted by atomic mass is 32.1. The summed E-state index contributed by atoms with van der Waals surface area (Å²) in [5.41, 5.74) is 15.3. The van der Waals surface area contributed by atoms with Crippen LogP contribution in [0.3, 0.4) is 0 Å². The van der Waals surface area contributed by atoms with Crippen molar-refractivity contribution >= 4 is 53.3 Å². The maximum absolute atomic E-state index is 5.36. The molecule has 13 rings (SSSR count). The molecule has 0 unspecified atom stereocenters. The van der Waals surface area contributed by atoms with E-state index < -0.39 is 0 Å². The van der Waals surface area contributed by atoms with Gasteiger partial charge in [0.25, 0.3) is 0 Å². The van der Waals surface area contributed by atoms with Crippen molar-refractivity contribution in [3.8, 4) is 84.4 Å². The lowest BCUT2D eigenvalue weighted by Gasteiger charge is -2.16. The van der Waals surface area contributed by atoms with Crippen LogP contribution in [0.15, 0.2) is 243 Å². The third-order valence-corrected chi connectivity index (χ3v) is 14.2. The Morgan fingerprint density at radius 1 is 0.279 bits per heavy atom. The van der Waals surface area contributed by atoms with Crippen molar-refractivity contribution in [1.29, 1.82) is 0 Å². The number of thiophene rings is 1. The minimum absolute atomic E-state index is 0.613. The molecule has 0 aliphatic heterocycles. The van der Waals surface area contributed by atoms with E-state index in [4.69, 9.17) is 15.0 Å². The topological polar surface area (TPSA) is 43.6 Å². The molecule has 0 spiro atoms. The van der Waals surface area contributed by atoms with Gasteiger partial charge < -0.3 is 4.57 Å². The first-order valence-electron chi connectivity index (χ1n) is 22.9. The highest BCUT2D eigenvalue weighted by Gasteiger charge is 2.22. The quantitative estimate of drug-likeness (QED) is 0.153. The van der Waals surface area contributed by atoms with Gasteiger partial charge in [0, 0.05) is 53.3 Å². The summed E-state index contributed by atoms with van der Waals surface area (Å²) < 4.78 is 4.86. The molecule has 0 saturated heterocycles. The van der Waals surface area contributed by atoms with Crippen molar-refractivity contribution < 1.29 is 0 Å². The van der Waals surface area contributed by atoms with Crippen molar-refractivity contribution in [3.05, 3.63) is 243 Å². The van der Waals surface area contributed by atoms with Crippen LogP contribution < -0.4 is 0 Å². The van der Waals surface area contributed by atoms with Gasteiger partial charge in [0.15, 0.2) is 17.5 Å². The molecule has 13 aromatic rings. The fourth-order valence-corrected chi connectivity index (χ4v) is 11.0. The molecular weight excluding hydrogens is 845 g/mol. The molecule has 0 N–H and O–H groups in total. The van der Waals surface area contributed by atoms with Crippen LogP contribution in [-0.4, -0.2) is 19.5 Å². The van der Waals surface area contributed by atoms with E-state index in [1.54, 1.807) is 0 Å². The van der Waals surface area contributed by atoms with Crippen LogP contribution in [-0.2, 0) is 0 Å². The van der Waals surface area contributed by atoms with E-state index in [1.807, 2.05) is 47.7 Å². The molecule has 0 aliphatic carbocycles. The summed E-state index contributed by atoms with van der Waals surface area (Å²) in [5.74, 6) is 1.86. The summed E-state index contributed by atoms with van der Waals surface area (Å²) >= 11 is 1.84. The molecule has 318 valence electrons. The predicted octanol–water partition coefficient (Wildman–Crippen LogP) is 17.0. The van der Waals surface area contributed by atoms with Gasteiger partial charge in [0.1, 0.15) is 0 Å². The summed E-state index contributed by atoms with van der Waals surface area (Å²) in [6.45, 7) is 0. The SMILES string of the molecule is c1ccc(-c2cc(-c3ccccc3)cc(-c3ccc(-c4cccc5sc6cc7c(cc6c45)c4ccccc4n7-c4ccccc4)c(-c4nc(-c5ccccc5)nc(-c5ccccc5)n4)c3)c2)cc1. The second-order valence-electron chi connectivity index (χ2n) is 17.2. The lowest BCUT2D eigenvalue weighted by atomic mass is 9.89. The Kier molecular flexibility index (Phi) is 9.66. The number of rotatable bonds is 8. The van der Waals surface area contributed by atoms with Gasteiger partial charge in [-0.25, -0.2) is 15.0 Å². The molecule has 10 aromatic carbocycles. The van der Waals surface area contributed by atoms with E-state index in [0.717, 1.165) is 66.9 Å². The first kappa shape index (κ1) is 39.6. The van der Waals surface area contributed by atoms with E-state index in [9.17, 15) is 0 Å². The van der Waals surface area contributed by atoms with E-state index in [1.165, 1.54) is 42.0 Å². The molecule has 5 heteroatoms. The molecule has 0 saturated carbocycles. The Morgan fingerprint density at radius 2 is 0.809 bits per heavy atom. The van der Waals surface area contributed by atoms with Crippen molar-refractivity contribution in [2.45, 2.75) is 0 Å². The average Bonchev–Trinajstić information content (AvgIpc) is 3.95. The monoisotopic (exact) mass is 884 g/mol. The minimum Gasteiger partial charge on any atom is -0.309 e. The van der Waals surface area contributed by atoms with Gasteiger partial charge in [-0.05, 0) is 105 Å². The van der Waals surface area contributed by atoms with Gasteiger partial charge in [-0.3, -0.25) is 0 Å². The van der Waals surface area contributed by atoms with Crippen LogP contribution in [0.1, 0.15) is 0 Å². The van der Waals surface area contributed by atoms with Gasteiger partial charge in [-0.15, -0.1) is 11.3 Å². The number of benzene rings is 10. The van der Waals surface area contributed by atoms with Gasteiger partial charge in [0.2, 0.25) is 0 Å². The van der Waals surface area contributed by atoms with Crippen molar-refractivity contribution in [2.75, 3.05) is 0 Å². The van der Waals surface area contributed by atoms with E-state index >= 15 is 0 Å².